The van der Waals surface area contributed by atoms with Gasteiger partial charge in [-0.05, 0) is 12.1 Å². The standard InChI is InChI=1S/C16H15N9O/c1-24(16-14-15(18-9-17-14)19-10-20-16)8-13(26)22-12-7-21-25(23-12)11-5-3-2-4-6-11/h2-7,9-10H,8H2,1H3,(H,22,23,26)(H,17,18,19,20). The number of amides is 1. The van der Waals surface area contributed by atoms with Gasteiger partial charge in [-0.15, -0.1) is 9.90 Å². The number of benzene rings is 1. The number of H-pyrrole nitrogens is 1. The highest BCUT2D eigenvalue weighted by Crippen LogP contribution is 2.18. The van der Waals surface area contributed by atoms with E-state index >= 15 is 0 Å². The summed E-state index contributed by atoms with van der Waals surface area (Å²) in [5.74, 6) is 0.733. The van der Waals surface area contributed by atoms with E-state index in [1.807, 2.05) is 30.3 Å². The van der Waals surface area contributed by atoms with Crippen LogP contribution in [-0.2, 0) is 4.79 Å². The zero-order chi connectivity index (χ0) is 17.9. The molecule has 0 saturated carbocycles. The van der Waals surface area contributed by atoms with E-state index < -0.39 is 0 Å². The fraction of sp³-hybridized carbons (Fsp3) is 0.125. The Morgan fingerprint density at radius 2 is 2.08 bits per heavy atom. The number of para-hydroxylation sites is 1. The second-order valence-electron chi connectivity index (χ2n) is 5.56. The summed E-state index contributed by atoms with van der Waals surface area (Å²) in [6.07, 6.45) is 4.46. The Balaban J connectivity index is 1.44. The number of carbonyl (C=O) groups is 1. The average molecular weight is 349 g/mol. The van der Waals surface area contributed by atoms with Crippen molar-refractivity contribution >= 4 is 28.7 Å². The van der Waals surface area contributed by atoms with Crippen LogP contribution in [0.5, 0.6) is 0 Å². The van der Waals surface area contributed by atoms with E-state index in [0.29, 0.717) is 22.8 Å². The number of carbonyl (C=O) groups excluding carboxylic acids is 1. The van der Waals surface area contributed by atoms with Gasteiger partial charge in [0.2, 0.25) is 5.91 Å². The third-order valence-electron chi connectivity index (χ3n) is 3.69. The lowest BCUT2D eigenvalue weighted by atomic mass is 10.3. The van der Waals surface area contributed by atoms with E-state index in [0.717, 1.165) is 5.69 Å². The van der Waals surface area contributed by atoms with E-state index in [1.165, 1.54) is 17.3 Å². The van der Waals surface area contributed by atoms with Gasteiger partial charge in [0, 0.05) is 7.05 Å². The normalized spacial score (nSPS) is 10.8. The van der Waals surface area contributed by atoms with Gasteiger partial charge in [-0.3, -0.25) is 4.79 Å². The summed E-state index contributed by atoms with van der Waals surface area (Å²) in [6, 6.07) is 9.46. The van der Waals surface area contributed by atoms with Crippen LogP contribution in [0.15, 0.2) is 49.2 Å². The predicted molar refractivity (Wildman–Crippen MR) is 94.9 cm³/mol. The first-order valence-corrected chi connectivity index (χ1v) is 7.83. The lowest BCUT2D eigenvalue weighted by molar-refractivity contribution is -0.114. The summed E-state index contributed by atoms with van der Waals surface area (Å²) in [7, 11) is 1.77. The first-order valence-electron chi connectivity index (χ1n) is 7.83. The summed E-state index contributed by atoms with van der Waals surface area (Å²) in [5.41, 5.74) is 2.04. The largest absolute Gasteiger partial charge is 0.348 e. The first kappa shape index (κ1) is 15.7. The number of hydrogen-bond acceptors (Lipinski definition) is 7. The van der Waals surface area contributed by atoms with Crippen LogP contribution in [-0.4, -0.2) is 54.4 Å². The van der Waals surface area contributed by atoms with E-state index in [1.54, 1.807) is 18.3 Å². The molecule has 4 rings (SSSR count). The Kier molecular flexibility index (Phi) is 3.98. The van der Waals surface area contributed by atoms with Crippen LogP contribution in [0.25, 0.3) is 16.9 Å². The van der Waals surface area contributed by atoms with Crippen molar-refractivity contribution in [1.82, 2.24) is 34.9 Å². The minimum atomic E-state index is -0.237. The number of hydrogen-bond donors (Lipinski definition) is 2. The molecular formula is C16H15N9O. The van der Waals surface area contributed by atoms with E-state index in [-0.39, 0.29) is 12.5 Å². The van der Waals surface area contributed by atoms with Crippen LogP contribution in [0, 0.1) is 0 Å². The SMILES string of the molecule is CN(CC(=O)Nc1cnn(-c2ccccc2)n1)c1ncnc2nc[nH]c12. The van der Waals surface area contributed by atoms with Crippen molar-refractivity contribution in [2.75, 3.05) is 23.8 Å². The fourth-order valence-corrected chi connectivity index (χ4v) is 2.52. The van der Waals surface area contributed by atoms with Crippen molar-refractivity contribution in [2.24, 2.45) is 0 Å². The number of nitrogens with zero attached hydrogens (tertiary/aromatic N) is 7. The summed E-state index contributed by atoms with van der Waals surface area (Å²) >= 11 is 0. The Hall–Kier alpha value is -3.82. The van der Waals surface area contributed by atoms with Crippen molar-refractivity contribution < 1.29 is 4.79 Å². The van der Waals surface area contributed by atoms with Crippen LogP contribution >= 0.6 is 0 Å². The van der Waals surface area contributed by atoms with Crippen LogP contribution in [0.4, 0.5) is 11.6 Å². The highest BCUT2D eigenvalue weighted by atomic mass is 16.2. The number of imidazole rings is 1. The summed E-state index contributed by atoms with van der Waals surface area (Å²) < 4.78 is 0. The molecule has 2 N–H and O–H groups in total. The molecule has 0 atom stereocenters. The minimum absolute atomic E-state index is 0.0866. The summed E-state index contributed by atoms with van der Waals surface area (Å²) in [5, 5.41) is 11.1. The molecule has 0 aliphatic rings. The van der Waals surface area contributed by atoms with Gasteiger partial charge in [0.1, 0.15) is 11.8 Å². The van der Waals surface area contributed by atoms with Crippen LogP contribution in [0.3, 0.4) is 0 Å². The molecule has 26 heavy (non-hydrogen) atoms. The number of nitrogens with one attached hydrogen (secondary N) is 2. The maximum Gasteiger partial charge on any atom is 0.245 e. The first-order chi connectivity index (χ1) is 12.7. The Labute approximate surface area is 147 Å². The number of likely N-dealkylation sites (N-methyl/N-ethyl adjacent to an activating group) is 1. The highest BCUT2D eigenvalue weighted by molar-refractivity contribution is 5.94. The van der Waals surface area contributed by atoms with E-state index in [2.05, 4.69) is 35.5 Å². The molecule has 1 amide bonds. The second-order valence-corrected chi connectivity index (χ2v) is 5.56. The predicted octanol–water partition coefficient (Wildman–Crippen LogP) is 1.01. The quantitative estimate of drug-likeness (QED) is 0.552. The molecule has 0 aliphatic heterocycles. The molecule has 3 aromatic heterocycles. The maximum atomic E-state index is 12.3. The van der Waals surface area contributed by atoms with Gasteiger partial charge in [0.05, 0.1) is 24.8 Å². The zero-order valence-electron chi connectivity index (χ0n) is 13.9. The number of fused-ring (bicyclic) bond motifs is 1. The van der Waals surface area contributed by atoms with Gasteiger partial charge < -0.3 is 15.2 Å². The second kappa shape index (κ2) is 6.59. The van der Waals surface area contributed by atoms with Gasteiger partial charge in [0.15, 0.2) is 17.3 Å². The van der Waals surface area contributed by atoms with Crippen molar-refractivity contribution in [2.45, 2.75) is 0 Å². The topological polar surface area (TPSA) is 118 Å². The van der Waals surface area contributed by atoms with Crippen molar-refractivity contribution in [3.8, 4) is 5.69 Å². The highest BCUT2D eigenvalue weighted by Gasteiger charge is 2.14. The number of aromatic amines is 1. The molecule has 0 radical (unpaired) electrons. The molecular weight excluding hydrogens is 334 g/mol. The Bertz CT molecular complexity index is 1040. The zero-order valence-corrected chi connectivity index (χ0v) is 13.9. The maximum absolute atomic E-state index is 12.3. The molecule has 0 fully saturated rings. The number of anilines is 2. The van der Waals surface area contributed by atoms with Crippen molar-refractivity contribution in [3.63, 3.8) is 0 Å². The summed E-state index contributed by atoms with van der Waals surface area (Å²) in [4.78, 5) is 30.8. The molecule has 0 unspecified atom stereocenters. The lowest BCUT2D eigenvalue weighted by Crippen LogP contribution is -2.31. The fourth-order valence-electron chi connectivity index (χ4n) is 2.52. The minimum Gasteiger partial charge on any atom is -0.348 e. The lowest BCUT2D eigenvalue weighted by Gasteiger charge is -2.17. The van der Waals surface area contributed by atoms with Gasteiger partial charge in [-0.1, -0.05) is 18.2 Å². The Morgan fingerprint density at radius 1 is 1.23 bits per heavy atom. The third kappa shape index (κ3) is 3.07. The van der Waals surface area contributed by atoms with Crippen molar-refractivity contribution in [1.29, 1.82) is 0 Å². The number of aromatic nitrogens is 7. The van der Waals surface area contributed by atoms with Crippen LogP contribution in [0.1, 0.15) is 0 Å². The van der Waals surface area contributed by atoms with E-state index in [4.69, 9.17) is 0 Å². The molecule has 3 heterocycles. The average Bonchev–Trinajstić information content (AvgIpc) is 3.31. The van der Waals surface area contributed by atoms with Gasteiger partial charge in [-0.2, -0.15) is 5.10 Å². The Morgan fingerprint density at radius 3 is 2.92 bits per heavy atom. The monoisotopic (exact) mass is 349 g/mol. The van der Waals surface area contributed by atoms with Gasteiger partial charge >= 0.3 is 0 Å². The van der Waals surface area contributed by atoms with Gasteiger partial charge in [-0.25, -0.2) is 15.0 Å². The molecule has 10 nitrogen and oxygen atoms in total. The van der Waals surface area contributed by atoms with Gasteiger partial charge in [0.25, 0.3) is 0 Å². The van der Waals surface area contributed by atoms with Crippen LogP contribution < -0.4 is 10.2 Å². The molecule has 10 heteroatoms. The molecule has 0 aliphatic carbocycles. The molecule has 1 aromatic carbocycles. The van der Waals surface area contributed by atoms with Crippen molar-refractivity contribution in [3.05, 3.63) is 49.2 Å². The number of rotatable bonds is 5. The summed E-state index contributed by atoms with van der Waals surface area (Å²) in [6.45, 7) is 0.0866. The molecule has 4 aromatic rings. The molecule has 0 saturated heterocycles. The third-order valence-corrected chi connectivity index (χ3v) is 3.69. The van der Waals surface area contributed by atoms with Crippen LogP contribution in [0.2, 0.25) is 0 Å². The molecule has 0 spiro atoms. The van der Waals surface area contributed by atoms with E-state index in [9.17, 15) is 4.79 Å². The molecule has 130 valence electrons. The molecule has 0 bridgehead atoms. The smallest absolute Gasteiger partial charge is 0.245 e.